The Balaban J connectivity index is 1.09. The topological polar surface area (TPSA) is 59.1 Å². The number of hydrogen-bond donors (Lipinski definition) is 0. The molecule has 2 aliphatic rings. The van der Waals surface area contributed by atoms with Gasteiger partial charge in [0.25, 0.3) is 0 Å². The van der Waals surface area contributed by atoms with Crippen molar-refractivity contribution in [2.24, 2.45) is 0 Å². The number of ether oxygens (including phenoxy) is 2. The molecule has 0 unspecified atom stereocenters. The standard InChI is InChI=1S/C49H40N2O4/c1-33-14-6-5-13-29-50(41-15-7-10-18-44(41)54-33)39-25-21-34(22-26-39)47(52)36-30-37(32-38(31-36)49(2,3)4)48(53)35-23-27-40(28-24-35)51-42-16-8-11-19-45(42)55-46-20-12-9-17-43(46)51/h5-28,30-32H,1,29H2,2-4H3/b13-5-,14-6-. The Labute approximate surface area is 321 Å². The minimum atomic E-state index is -0.303. The first kappa shape index (κ1) is 35.1. The van der Waals surface area contributed by atoms with Gasteiger partial charge in [0.2, 0.25) is 0 Å². The highest BCUT2D eigenvalue weighted by molar-refractivity contribution is 6.13. The quantitative estimate of drug-likeness (QED) is 0.159. The predicted octanol–water partition coefficient (Wildman–Crippen LogP) is 12.2. The molecule has 0 fully saturated rings. The fourth-order valence-electron chi connectivity index (χ4n) is 6.89. The molecule has 0 N–H and O–H groups in total. The summed E-state index contributed by atoms with van der Waals surface area (Å²) in [5, 5.41) is 0. The van der Waals surface area contributed by atoms with Crippen LogP contribution in [0.2, 0.25) is 0 Å². The third kappa shape index (κ3) is 7.10. The molecule has 0 spiro atoms. The van der Waals surface area contributed by atoms with Gasteiger partial charge in [0, 0.05) is 40.2 Å². The molecular formula is C49H40N2O4. The van der Waals surface area contributed by atoms with Gasteiger partial charge in [-0.05, 0) is 120 Å². The van der Waals surface area contributed by atoms with Gasteiger partial charge in [-0.25, -0.2) is 0 Å². The number of hydrogen-bond acceptors (Lipinski definition) is 6. The van der Waals surface area contributed by atoms with Crippen LogP contribution < -0.4 is 19.3 Å². The van der Waals surface area contributed by atoms with Crippen LogP contribution in [0.1, 0.15) is 58.2 Å². The van der Waals surface area contributed by atoms with Crippen molar-refractivity contribution < 1.29 is 19.1 Å². The van der Waals surface area contributed by atoms with Crippen molar-refractivity contribution in [3.05, 3.63) is 204 Å². The van der Waals surface area contributed by atoms with E-state index >= 15 is 0 Å². The normalized spacial score (nSPS) is 14.7. The second-order valence-electron chi connectivity index (χ2n) is 14.6. The molecule has 6 aromatic rings. The van der Waals surface area contributed by atoms with Gasteiger partial charge in [0.15, 0.2) is 28.8 Å². The molecule has 270 valence electrons. The van der Waals surface area contributed by atoms with Crippen molar-refractivity contribution in [1.29, 1.82) is 0 Å². The summed E-state index contributed by atoms with van der Waals surface area (Å²) in [5.74, 6) is 2.44. The summed E-state index contributed by atoms with van der Waals surface area (Å²) in [7, 11) is 0. The highest BCUT2D eigenvalue weighted by Crippen LogP contribution is 2.50. The lowest BCUT2D eigenvalue weighted by atomic mass is 9.83. The van der Waals surface area contributed by atoms with Crippen molar-refractivity contribution in [1.82, 2.24) is 0 Å². The maximum Gasteiger partial charge on any atom is 0.193 e. The molecule has 2 aliphatic heterocycles. The summed E-state index contributed by atoms with van der Waals surface area (Å²) < 4.78 is 12.2. The van der Waals surface area contributed by atoms with Crippen LogP contribution in [-0.4, -0.2) is 18.1 Å². The molecule has 0 atom stereocenters. The van der Waals surface area contributed by atoms with Gasteiger partial charge >= 0.3 is 0 Å². The molecule has 6 heteroatoms. The maximum atomic E-state index is 14.2. The maximum absolute atomic E-state index is 14.2. The smallest absolute Gasteiger partial charge is 0.193 e. The molecule has 55 heavy (non-hydrogen) atoms. The van der Waals surface area contributed by atoms with Crippen molar-refractivity contribution in [2.45, 2.75) is 26.2 Å². The van der Waals surface area contributed by atoms with Gasteiger partial charge in [0.1, 0.15) is 5.76 Å². The van der Waals surface area contributed by atoms with E-state index in [-0.39, 0.29) is 17.0 Å². The lowest BCUT2D eigenvalue weighted by Crippen LogP contribution is -2.18. The zero-order chi connectivity index (χ0) is 38.1. The number of carbonyl (C=O) groups is 2. The lowest BCUT2D eigenvalue weighted by Gasteiger charge is -2.32. The summed E-state index contributed by atoms with van der Waals surface area (Å²) >= 11 is 0. The fraction of sp³-hybridized carbons (Fsp3) is 0.102. The molecule has 0 saturated carbocycles. The molecule has 0 radical (unpaired) electrons. The van der Waals surface area contributed by atoms with Crippen LogP contribution in [0.5, 0.6) is 17.2 Å². The molecule has 6 nitrogen and oxygen atoms in total. The second kappa shape index (κ2) is 14.5. The van der Waals surface area contributed by atoms with Gasteiger partial charge in [-0.3, -0.25) is 9.59 Å². The van der Waals surface area contributed by atoms with E-state index in [0.717, 1.165) is 45.5 Å². The SMILES string of the molecule is C=C1/C=C\C=C/CN(c2ccc(C(=O)c3cc(C(=O)c4ccc(N5c6ccccc6Oc6ccccc65)cc4)cc(C(C)(C)C)c3)cc2)c2ccccc2O1. The van der Waals surface area contributed by atoms with Crippen molar-refractivity contribution in [3.63, 3.8) is 0 Å². The highest BCUT2D eigenvalue weighted by atomic mass is 16.5. The van der Waals surface area contributed by atoms with Crippen LogP contribution in [0.25, 0.3) is 0 Å². The van der Waals surface area contributed by atoms with Gasteiger partial charge in [-0.1, -0.05) is 82.0 Å². The number of benzene rings is 6. The predicted molar refractivity (Wildman–Crippen MR) is 221 cm³/mol. The molecule has 0 aliphatic carbocycles. The Bertz CT molecular complexity index is 2460. The van der Waals surface area contributed by atoms with Crippen LogP contribution in [0.4, 0.5) is 28.4 Å². The van der Waals surface area contributed by atoms with Crippen LogP contribution in [0.3, 0.4) is 0 Å². The number of nitrogens with zero attached hydrogens (tertiary/aromatic N) is 2. The summed E-state index contributed by atoms with van der Waals surface area (Å²) in [4.78, 5) is 32.6. The van der Waals surface area contributed by atoms with Gasteiger partial charge in [0.05, 0.1) is 17.1 Å². The third-order valence-electron chi connectivity index (χ3n) is 9.80. The highest BCUT2D eigenvalue weighted by Gasteiger charge is 2.26. The van der Waals surface area contributed by atoms with Crippen molar-refractivity contribution in [2.75, 3.05) is 16.3 Å². The van der Waals surface area contributed by atoms with Crippen LogP contribution in [0, 0.1) is 0 Å². The number of ketones is 2. The summed E-state index contributed by atoms with van der Waals surface area (Å²) in [5.41, 5.74) is 7.12. The Morgan fingerprint density at radius 3 is 1.60 bits per heavy atom. The van der Waals surface area contributed by atoms with Crippen LogP contribution >= 0.6 is 0 Å². The van der Waals surface area contributed by atoms with E-state index in [1.807, 2.05) is 152 Å². The van der Waals surface area contributed by atoms with E-state index in [0.29, 0.717) is 40.3 Å². The van der Waals surface area contributed by atoms with E-state index < -0.39 is 0 Å². The van der Waals surface area contributed by atoms with Crippen LogP contribution in [0.15, 0.2) is 176 Å². The number of allylic oxidation sites excluding steroid dienone is 3. The second-order valence-corrected chi connectivity index (χ2v) is 14.6. The summed E-state index contributed by atoms with van der Waals surface area (Å²) in [6, 6.07) is 44.4. The number of para-hydroxylation sites is 6. The van der Waals surface area contributed by atoms with Crippen LogP contribution in [-0.2, 0) is 5.41 Å². The average Bonchev–Trinajstić information content (AvgIpc) is 3.21. The monoisotopic (exact) mass is 720 g/mol. The Hall–Kier alpha value is -6.92. The van der Waals surface area contributed by atoms with Gasteiger partial charge < -0.3 is 19.3 Å². The number of rotatable bonds is 6. The number of anilines is 5. The van der Waals surface area contributed by atoms with E-state index in [1.54, 1.807) is 6.07 Å². The summed E-state index contributed by atoms with van der Waals surface area (Å²) in [6.07, 6.45) is 7.76. The number of fused-ring (bicyclic) bond motifs is 3. The van der Waals surface area contributed by atoms with E-state index in [9.17, 15) is 9.59 Å². The Morgan fingerprint density at radius 1 is 0.564 bits per heavy atom. The van der Waals surface area contributed by atoms with Crippen molar-refractivity contribution in [3.8, 4) is 17.2 Å². The lowest BCUT2D eigenvalue weighted by molar-refractivity contribution is 0.103. The number of carbonyl (C=O) groups excluding carboxylic acids is 2. The molecule has 0 amide bonds. The molecule has 2 heterocycles. The largest absolute Gasteiger partial charge is 0.456 e. The Kier molecular flexibility index (Phi) is 9.25. The first-order chi connectivity index (χ1) is 26.6. The zero-order valence-corrected chi connectivity index (χ0v) is 31.0. The molecular weight excluding hydrogens is 681 g/mol. The van der Waals surface area contributed by atoms with Gasteiger partial charge in [-0.15, -0.1) is 0 Å². The molecule has 0 bridgehead atoms. The van der Waals surface area contributed by atoms with Crippen molar-refractivity contribution >= 4 is 40.0 Å². The van der Waals surface area contributed by atoms with E-state index in [4.69, 9.17) is 9.47 Å². The minimum absolute atomic E-state index is 0.153. The first-order valence-electron chi connectivity index (χ1n) is 18.3. The van der Waals surface area contributed by atoms with E-state index in [2.05, 4.69) is 43.2 Å². The zero-order valence-electron chi connectivity index (χ0n) is 31.0. The Morgan fingerprint density at radius 2 is 1.05 bits per heavy atom. The molecule has 6 aromatic carbocycles. The minimum Gasteiger partial charge on any atom is -0.456 e. The average molecular weight is 721 g/mol. The third-order valence-corrected chi connectivity index (χ3v) is 9.80. The van der Waals surface area contributed by atoms with E-state index in [1.165, 1.54) is 0 Å². The van der Waals surface area contributed by atoms with Gasteiger partial charge in [-0.2, -0.15) is 0 Å². The summed E-state index contributed by atoms with van der Waals surface area (Å²) in [6.45, 7) is 10.9. The molecule has 0 aromatic heterocycles. The fourth-order valence-corrected chi connectivity index (χ4v) is 6.89. The molecule has 0 saturated heterocycles. The molecule has 8 rings (SSSR count). The first-order valence-corrected chi connectivity index (χ1v) is 18.3.